The molecule has 0 amide bonds. The molecule has 1 nitrogen and oxygen atoms in total. The third-order valence-corrected chi connectivity index (χ3v) is 8.04. The molecule has 0 saturated heterocycles. The Morgan fingerprint density at radius 1 is 1.00 bits per heavy atom. The molecule has 5 aliphatic rings. The van der Waals surface area contributed by atoms with Crippen molar-refractivity contribution in [3.05, 3.63) is 0 Å². The van der Waals surface area contributed by atoms with Crippen LogP contribution in [0.3, 0.4) is 0 Å². The molecular weight excluding hydrogens is 238 g/mol. The van der Waals surface area contributed by atoms with Crippen molar-refractivity contribution in [1.82, 2.24) is 5.32 Å². The summed E-state index contributed by atoms with van der Waals surface area (Å²) in [5.41, 5.74) is 0.537. The Hall–Kier alpha value is 0.310. The van der Waals surface area contributed by atoms with E-state index in [1.54, 1.807) is 19.3 Å². The molecule has 0 radical (unpaired) electrons. The number of hydrogen-bond donors (Lipinski definition) is 1. The van der Waals surface area contributed by atoms with Crippen molar-refractivity contribution < 1.29 is 0 Å². The summed E-state index contributed by atoms with van der Waals surface area (Å²) in [7, 11) is 2.22. The van der Waals surface area contributed by atoms with Crippen LogP contribution < -0.4 is 5.32 Å². The molecule has 0 aromatic rings. The topological polar surface area (TPSA) is 12.0 Å². The van der Waals surface area contributed by atoms with Crippen molar-refractivity contribution in [2.45, 2.75) is 79.7 Å². The summed E-state index contributed by atoms with van der Waals surface area (Å²) < 4.78 is 0.683. The Balaban J connectivity index is 1.57. The second-order valence-corrected chi connectivity index (χ2v) is 9.47. The molecule has 0 aromatic carbocycles. The Bertz CT molecular complexity index is 320. The summed E-state index contributed by atoms with van der Waals surface area (Å²) in [5, 5.41) is 4.76. The fraction of sp³-hybridized carbons (Fsp3) is 1.00. The van der Waals surface area contributed by atoms with Gasteiger partial charge < -0.3 is 5.32 Å². The van der Waals surface area contributed by atoms with Crippen LogP contribution >= 0.6 is 11.8 Å². The SMILES string of the molecule is CNC12CC3CC(C1)CC(SC1CCCC1)(C3)C2. The second-order valence-electron chi connectivity index (χ2n) is 7.70. The molecule has 1 N–H and O–H groups in total. The highest BCUT2D eigenvalue weighted by molar-refractivity contribution is 8.01. The molecule has 0 spiro atoms. The quantitative estimate of drug-likeness (QED) is 0.828. The summed E-state index contributed by atoms with van der Waals surface area (Å²) in [6.45, 7) is 0. The van der Waals surface area contributed by atoms with Crippen LogP contribution in [0, 0.1) is 11.8 Å². The lowest BCUT2D eigenvalue weighted by Crippen LogP contribution is -2.63. The fourth-order valence-electron chi connectivity index (χ4n) is 5.97. The first-order chi connectivity index (χ1) is 8.71. The van der Waals surface area contributed by atoms with Crippen LogP contribution in [0.2, 0.25) is 0 Å². The predicted molar refractivity (Wildman–Crippen MR) is 79.1 cm³/mol. The number of thioether (sulfide) groups is 1. The highest BCUT2D eigenvalue weighted by Gasteiger charge is 2.57. The van der Waals surface area contributed by atoms with E-state index in [-0.39, 0.29) is 0 Å². The molecule has 2 atom stereocenters. The van der Waals surface area contributed by atoms with Gasteiger partial charge in [0.05, 0.1) is 0 Å². The summed E-state index contributed by atoms with van der Waals surface area (Å²) in [4.78, 5) is 0. The molecule has 0 aliphatic heterocycles. The molecule has 2 unspecified atom stereocenters. The molecule has 102 valence electrons. The largest absolute Gasteiger partial charge is 0.314 e. The molecule has 0 aromatic heterocycles. The van der Waals surface area contributed by atoms with Crippen LogP contribution in [0.4, 0.5) is 0 Å². The Kier molecular flexibility index (Phi) is 2.79. The first-order valence-corrected chi connectivity index (χ1v) is 8.96. The first-order valence-electron chi connectivity index (χ1n) is 8.08. The van der Waals surface area contributed by atoms with Crippen molar-refractivity contribution in [1.29, 1.82) is 0 Å². The Morgan fingerprint density at radius 3 is 2.28 bits per heavy atom. The zero-order chi connectivity index (χ0) is 12.2. The number of nitrogens with one attached hydrogen (secondary N) is 1. The Labute approximate surface area is 116 Å². The molecule has 5 rings (SSSR count). The van der Waals surface area contributed by atoms with Gasteiger partial charge in [0, 0.05) is 15.5 Å². The van der Waals surface area contributed by atoms with Crippen LogP contribution in [0.25, 0.3) is 0 Å². The van der Waals surface area contributed by atoms with Crippen LogP contribution in [0.1, 0.15) is 64.2 Å². The lowest BCUT2D eigenvalue weighted by molar-refractivity contribution is 0.000331. The molecule has 5 aliphatic carbocycles. The van der Waals surface area contributed by atoms with E-state index in [1.807, 2.05) is 0 Å². The lowest BCUT2D eigenvalue weighted by Gasteiger charge is -2.62. The average molecular weight is 265 g/mol. The van der Waals surface area contributed by atoms with Gasteiger partial charge >= 0.3 is 0 Å². The van der Waals surface area contributed by atoms with Gasteiger partial charge in [0.1, 0.15) is 0 Å². The van der Waals surface area contributed by atoms with E-state index >= 15 is 0 Å². The second kappa shape index (κ2) is 4.15. The fourth-order valence-corrected chi connectivity index (χ4v) is 8.27. The normalized spacial score (nSPS) is 51.2. The minimum Gasteiger partial charge on any atom is -0.314 e. The van der Waals surface area contributed by atoms with Crippen LogP contribution in [-0.2, 0) is 0 Å². The number of hydrogen-bond acceptors (Lipinski definition) is 2. The van der Waals surface area contributed by atoms with E-state index in [4.69, 9.17) is 0 Å². The maximum absolute atomic E-state index is 3.75. The molecule has 2 heteroatoms. The van der Waals surface area contributed by atoms with Crippen molar-refractivity contribution in [2.75, 3.05) is 7.05 Å². The predicted octanol–water partition coefficient (Wildman–Crippen LogP) is 3.97. The van der Waals surface area contributed by atoms with Crippen LogP contribution in [-0.4, -0.2) is 22.6 Å². The average Bonchev–Trinajstić information content (AvgIpc) is 2.79. The highest BCUT2D eigenvalue weighted by Crippen LogP contribution is 2.63. The van der Waals surface area contributed by atoms with Crippen molar-refractivity contribution >= 4 is 11.8 Å². The maximum atomic E-state index is 3.75. The van der Waals surface area contributed by atoms with Gasteiger partial charge in [0.25, 0.3) is 0 Å². The third kappa shape index (κ3) is 1.86. The van der Waals surface area contributed by atoms with E-state index < -0.39 is 0 Å². The minimum atomic E-state index is 0.537. The van der Waals surface area contributed by atoms with E-state index in [1.165, 1.54) is 44.9 Å². The minimum absolute atomic E-state index is 0.537. The van der Waals surface area contributed by atoms with Gasteiger partial charge in [-0.3, -0.25) is 0 Å². The summed E-state index contributed by atoms with van der Waals surface area (Å²) in [5.74, 6) is 2.10. The maximum Gasteiger partial charge on any atom is 0.0197 e. The zero-order valence-corrected chi connectivity index (χ0v) is 12.5. The molecule has 0 heterocycles. The van der Waals surface area contributed by atoms with Gasteiger partial charge in [-0.25, -0.2) is 0 Å². The van der Waals surface area contributed by atoms with Crippen LogP contribution in [0.15, 0.2) is 0 Å². The van der Waals surface area contributed by atoms with Gasteiger partial charge in [-0.15, -0.1) is 0 Å². The molecule has 4 bridgehead atoms. The summed E-state index contributed by atoms with van der Waals surface area (Å²) >= 11 is 2.44. The van der Waals surface area contributed by atoms with Gasteiger partial charge in [-0.2, -0.15) is 11.8 Å². The first kappa shape index (κ1) is 12.1. The van der Waals surface area contributed by atoms with Crippen molar-refractivity contribution in [2.24, 2.45) is 11.8 Å². The Morgan fingerprint density at radius 2 is 1.67 bits per heavy atom. The monoisotopic (exact) mass is 265 g/mol. The van der Waals surface area contributed by atoms with E-state index in [0.29, 0.717) is 10.3 Å². The summed E-state index contributed by atoms with van der Waals surface area (Å²) in [6, 6.07) is 0. The third-order valence-electron chi connectivity index (χ3n) is 6.26. The molecular formula is C16H27NS. The van der Waals surface area contributed by atoms with Gasteiger partial charge in [-0.05, 0) is 70.3 Å². The van der Waals surface area contributed by atoms with Crippen molar-refractivity contribution in [3.63, 3.8) is 0 Å². The zero-order valence-electron chi connectivity index (χ0n) is 11.7. The highest BCUT2D eigenvalue weighted by atomic mass is 32.2. The van der Waals surface area contributed by atoms with Crippen molar-refractivity contribution in [3.8, 4) is 0 Å². The lowest BCUT2D eigenvalue weighted by atomic mass is 9.52. The molecule has 18 heavy (non-hydrogen) atoms. The van der Waals surface area contributed by atoms with E-state index in [9.17, 15) is 0 Å². The van der Waals surface area contributed by atoms with Gasteiger partial charge in [0.15, 0.2) is 0 Å². The molecule has 5 saturated carbocycles. The standard InChI is InChI=1S/C16H27NS/c1-17-15-7-12-6-13(8-15)10-16(9-12,11-15)18-14-4-2-3-5-14/h12-14,17H,2-11H2,1H3. The van der Waals surface area contributed by atoms with E-state index in [0.717, 1.165) is 17.1 Å². The number of rotatable bonds is 3. The van der Waals surface area contributed by atoms with Gasteiger partial charge in [0.2, 0.25) is 0 Å². The van der Waals surface area contributed by atoms with E-state index in [2.05, 4.69) is 24.1 Å². The van der Waals surface area contributed by atoms with Gasteiger partial charge in [-0.1, -0.05) is 12.8 Å². The smallest absolute Gasteiger partial charge is 0.0197 e. The van der Waals surface area contributed by atoms with Crippen LogP contribution in [0.5, 0.6) is 0 Å². The molecule has 5 fully saturated rings. The summed E-state index contributed by atoms with van der Waals surface area (Å²) in [6.07, 6.45) is 15.1.